The fraction of sp³-hybridized carbons (Fsp3) is 0.471. The number of carbonyl (C=O) groups excluding carboxylic acids is 1. The normalized spacial score (nSPS) is 16.8. The number of ether oxygens (including phenoxy) is 1. The zero-order chi connectivity index (χ0) is 16.8. The Balaban J connectivity index is 3.98. The Bertz CT molecular complexity index is 407. The zero-order valence-corrected chi connectivity index (χ0v) is 13.1. The molecule has 5 heteroatoms. The van der Waals surface area contributed by atoms with E-state index in [-0.39, 0.29) is 12.4 Å². The molecule has 3 atom stereocenters. The van der Waals surface area contributed by atoms with Crippen molar-refractivity contribution in [3.8, 4) is 0 Å². The number of esters is 1. The summed E-state index contributed by atoms with van der Waals surface area (Å²) in [6, 6.07) is 0. The molecule has 0 aromatic carbocycles. The number of carbonyl (C=O) groups is 1. The molecule has 0 fully saturated rings. The Morgan fingerprint density at radius 2 is 1.55 bits per heavy atom. The maximum atomic E-state index is 10.9. The number of aliphatic hydroxyl groups is 3. The van der Waals surface area contributed by atoms with E-state index in [2.05, 4.69) is 4.74 Å². The average molecular weight is 310 g/mol. The molecule has 0 unspecified atom stereocenters. The second-order valence-corrected chi connectivity index (χ2v) is 4.81. The lowest BCUT2D eigenvalue weighted by molar-refractivity contribution is -0.140. The molecule has 0 saturated heterocycles. The van der Waals surface area contributed by atoms with Crippen LogP contribution in [0.1, 0.15) is 26.2 Å². The van der Waals surface area contributed by atoms with E-state index in [4.69, 9.17) is 5.11 Å². The molecule has 3 N–H and O–H groups in total. The summed E-state index contributed by atoms with van der Waals surface area (Å²) in [5.74, 6) is -0.323. The average Bonchev–Trinajstić information content (AvgIpc) is 2.48. The third kappa shape index (κ3) is 12.1. The predicted molar refractivity (Wildman–Crippen MR) is 86.1 cm³/mol. The molecule has 0 aliphatic rings. The van der Waals surface area contributed by atoms with Crippen LogP contribution in [0, 0.1) is 0 Å². The van der Waals surface area contributed by atoms with Gasteiger partial charge >= 0.3 is 5.97 Å². The van der Waals surface area contributed by atoms with Crippen molar-refractivity contribution in [2.24, 2.45) is 0 Å². The Labute approximate surface area is 131 Å². The van der Waals surface area contributed by atoms with Gasteiger partial charge in [-0.3, -0.25) is 4.79 Å². The fourth-order valence-electron chi connectivity index (χ4n) is 1.52. The highest BCUT2D eigenvalue weighted by Crippen LogP contribution is 2.07. The molecule has 22 heavy (non-hydrogen) atoms. The van der Waals surface area contributed by atoms with E-state index in [1.54, 1.807) is 49.5 Å². The van der Waals surface area contributed by atoms with Crippen molar-refractivity contribution in [2.75, 3.05) is 7.11 Å². The van der Waals surface area contributed by atoms with Crippen LogP contribution in [0.2, 0.25) is 0 Å². The minimum atomic E-state index is -0.971. The third-order valence-corrected chi connectivity index (χ3v) is 2.76. The van der Waals surface area contributed by atoms with Gasteiger partial charge in [-0.15, -0.1) is 0 Å². The van der Waals surface area contributed by atoms with Crippen molar-refractivity contribution < 1.29 is 24.9 Å². The second-order valence-electron chi connectivity index (χ2n) is 4.81. The number of aliphatic hydroxyl groups excluding tert-OH is 3. The van der Waals surface area contributed by atoms with Crippen LogP contribution in [0.3, 0.4) is 0 Å². The van der Waals surface area contributed by atoms with E-state index in [0.717, 1.165) is 0 Å². The van der Waals surface area contributed by atoms with Gasteiger partial charge in [0, 0.05) is 6.42 Å². The molecular weight excluding hydrogens is 284 g/mol. The summed E-state index contributed by atoms with van der Waals surface area (Å²) < 4.78 is 4.49. The van der Waals surface area contributed by atoms with Gasteiger partial charge in [-0.25, -0.2) is 0 Å². The van der Waals surface area contributed by atoms with E-state index in [0.29, 0.717) is 12.8 Å². The number of rotatable bonds is 10. The fourth-order valence-corrected chi connectivity index (χ4v) is 1.52. The molecular formula is C17H26O5. The first-order valence-electron chi connectivity index (χ1n) is 7.26. The first kappa shape index (κ1) is 20.3. The minimum absolute atomic E-state index is 0.231. The Morgan fingerprint density at radius 1 is 1.00 bits per heavy atom. The van der Waals surface area contributed by atoms with Crippen LogP contribution >= 0.6 is 0 Å². The van der Waals surface area contributed by atoms with E-state index in [1.807, 2.05) is 0 Å². The van der Waals surface area contributed by atoms with Crippen molar-refractivity contribution in [3.63, 3.8) is 0 Å². The molecule has 0 saturated carbocycles. The number of allylic oxidation sites excluding steroid dienone is 6. The largest absolute Gasteiger partial charge is 0.469 e. The maximum Gasteiger partial charge on any atom is 0.305 e. The minimum Gasteiger partial charge on any atom is -0.469 e. The molecule has 0 aliphatic carbocycles. The predicted octanol–water partition coefficient (Wildman–Crippen LogP) is 1.66. The van der Waals surface area contributed by atoms with Crippen LogP contribution < -0.4 is 0 Å². The van der Waals surface area contributed by atoms with Gasteiger partial charge in [0.2, 0.25) is 0 Å². The molecule has 0 rings (SSSR count). The third-order valence-electron chi connectivity index (χ3n) is 2.76. The summed E-state index contributed by atoms with van der Waals surface area (Å²) >= 11 is 0. The highest BCUT2D eigenvalue weighted by molar-refractivity contribution is 5.68. The van der Waals surface area contributed by atoms with Gasteiger partial charge in [-0.2, -0.15) is 0 Å². The van der Waals surface area contributed by atoms with Gasteiger partial charge in [0.1, 0.15) is 0 Å². The van der Waals surface area contributed by atoms with Gasteiger partial charge in [-0.1, -0.05) is 48.6 Å². The Kier molecular flexibility index (Phi) is 12.0. The van der Waals surface area contributed by atoms with E-state index < -0.39 is 18.3 Å². The summed E-state index contributed by atoms with van der Waals surface area (Å²) in [5.41, 5.74) is 0. The standard InChI is InChI=1S/C17H26O5/c1-14(18)10-7-5-3-4-6-8-11-15(19)16(20)12-9-13-17(21)22-2/h3-8,10-11,14-16,18-20H,9,12-13H2,1-2H3/b5-3-,6-4+,10-7+,11-8+/t14-,15+,16-/m0/s1. The molecule has 0 aromatic heterocycles. The highest BCUT2D eigenvalue weighted by Gasteiger charge is 2.13. The molecule has 0 radical (unpaired) electrons. The Hall–Kier alpha value is -1.69. The first-order valence-corrected chi connectivity index (χ1v) is 7.26. The smallest absolute Gasteiger partial charge is 0.305 e. The van der Waals surface area contributed by atoms with Crippen molar-refractivity contribution in [2.45, 2.75) is 44.5 Å². The summed E-state index contributed by atoms with van der Waals surface area (Å²) in [7, 11) is 1.32. The lowest BCUT2D eigenvalue weighted by Crippen LogP contribution is -2.23. The lowest BCUT2D eigenvalue weighted by Gasteiger charge is -2.13. The van der Waals surface area contributed by atoms with Crippen LogP contribution in [-0.4, -0.2) is 46.7 Å². The van der Waals surface area contributed by atoms with Crippen LogP contribution in [-0.2, 0) is 9.53 Å². The quantitative estimate of drug-likeness (QED) is 0.422. The van der Waals surface area contributed by atoms with E-state index >= 15 is 0 Å². The maximum absolute atomic E-state index is 10.9. The van der Waals surface area contributed by atoms with Crippen molar-refractivity contribution >= 4 is 5.97 Å². The summed E-state index contributed by atoms with van der Waals surface area (Å²) in [6.07, 6.45) is 12.2. The van der Waals surface area contributed by atoms with Gasteiger partial charge in [0.05, 0.1) is 25.4 Å². The summed E-state index contributed by atoms with van der Waals surface area (Å²) in [6.45, 7) is 1.67. The van der Waals surface area contributed by atoms with Crippen molar-refractivity contribution in [1.29, 1.82) is 0 Å². The molecule has 0 bridgehead atoms. The number of hydrogen-bond acceptors (Lipinski definition) is 5. The summed E-state index contributed by atoms with van der Waals surface area (Å²) in [5, 5.41) is 28.4. The van der Waals surface area contributed by atoms with E-state index in [1.165, 1.54) is 13.2 Å². The first-order chi connectivity index (χ1) is 10.5. The van der Waals surface area contributed by atoms with Gasteiger partial charge < -0.3 is 20.1 Å². The second kappa shape index (κ2) is 13.0. The van der Waals surface area contributed by atoms with Crippen LogP contribution in [0.4, 0.5) is 0 Å². The molecule has 124 valence electrons. The summed E-state index contributed by atoms with van der Waals surface area (Å²) in [4.78, 5) is 10.9. The topological polar surface area (TPSA) is 87.0 Å². The van der Waals surface area contributed by atoms with Crippen molar-refractivity contribution in [3.05, 3.63) is 48.6 Å². The molecule has 0 aromatic rings. The van der Waals surface area contributed by atoms with Gasteiger partial charge in [0.15, 0.2) is 0 Å². The molecule has 5 nitrogen and oxygen atoms in total. The molecule has 0 amide bonds. The van der Waals surface area contributed by atoms with Gasteiger partial charge in [-0.05, 0) is 19.8 Å². The van der Waals surface area contributed by atoms with E-state index in [9.17, 15) is 15.0 Å². The lowest BCUT2D eigenvalue weighted by atomic mass is 10.1. The van der Waals surface area contributed by atoms with Gasteiger partial charge in [0.25, 0.3) is 0 Å². The molecule has 0 spiro atoms. The highest BCUT2D eigenvalue weighted by atomic mass is 16.5. The molecule has 0 heterocycles. The van der Waals surface area contributed by atoms with Crippen LogP contribution in [0.25, 0.3) is 0 Å². The number of hydrogen-bond donors (Lipinski definition) is 3. The molecule has 0 aliphatic heterocycles. The SMILES string of the molecule is COC(=O)CCC[C@H](O)[C@H](O)/C=C/C=C/C=C\C=C\[C@H](C)O. The number of methoxy groups -OCH3 is 1. The van der Waals surface area contributed by atoms with Crippen LogP contribution in [0.5, 0.6) is 0 Å². The zero-order valence-electron chi connectivity index (χ0n) is 13.1. The van der Waals surface area contributed by atoms with Crippen molar-refractivity contribution in [1.82, 2.24) is 0 Å². The van der Waals surface area contributed by atoms with Crippen LogP contribution in [0.15, 0.2) is 48.6 Å². The Morgan fingerprint density at radius 3 is 2.09 bits per heavy atom. The monoisotopic (exact) mass is 310 g/mol.